The summed E-state index contributed by atoms with van der Waals surface area (Å²) in [6.07, 6.45) is 1.94. The fourth-order valence-electron chi connectivity index (χ4n) is 1.69. The van der Waals surface area contributed by atoms with Crippen molar-refractivity contribution < 1.29 is 17.5 Å². The van der Waals surface area contributed by atoms with Crippen molar-refractivity contribution in [1.29, 1.82) is 0 Å². The molecule has 1 aromatic rings. The van der Waals surface area contributed by atoms with Crippen LogP contribution in [-0.4, -0.2) is 48.8 Å². The number of hydrogen-bond donors (Lipinski definition) is 0. The number of pyridine rings is 1. The molecule has 18 heavy (non-hydrogen) atoms. The molecule has 2 rings (SSSR count). The molecule has 0 spiro atoms. The minimum Gasteiger partial charge on any atom is -0.375 e. The lowest BCUT2D eigenvalue weighted by atomic mass is 10.3. The largest absolute Gasteiger partial charge is 0.375 e. The first-order valence-corrected chi connectivity index (χ1v) is 7.88. The Kier molecular flexibility index (Phi) is 4.31. The first-order valence-electron chi connectivity index (χ1n) is 5.32. The van der Waals surface area contributed by atoms with Crippen molar-refractivity contribution in [3.8, 4) is 0 Å². The molecule has 0 amide bonds. The van der Waals surface area contributed by atoms with Crippen LogP contribution in [0.15, 0.2) is 23.4 Å². The summed E-state index contributed by atoms with van der Waals surface area (Å²) in [5.74, 6) is -0.665. The van der Waals surface area contributed by atoms with E-state index in [1.54, 1.807) is 0 Å². The molecule has 100 valence electrons. The van der Waals surface area contributed by atoms with E-state index in [4.69, 9.17) is 4.74 Å². The summed E-state index contributed by atoms with van der Waals surface area (Å²) < 4.78 is 44.2. The Morgan fingerprint density at radius 2 is 2.33 bits per heavy atom. The second-order valence-corrected chi connectivity index (χ2v) is 6.43. The molecule has 1 saturated heterocycles. The average Bonchev–Trinajstić information content (AvgIpc) is 2.39. The molecule has 1 fully saturated rings. The van der Waals surface area contributed by atoms with Crippen molar-refractivity contribution in [2.75, 3.05) is 25.0 Å². The van der Waals surface area contributed by atoms with Gasteiger partial charge in [0.1, 0.15) is 10.7 Å². The predicted octanol–water partition coefficient (Wildman–Crippen LogP) is 1.01. The maximum atomic E-state index is 13.0. The van der Waals surface area contributed by atoms with Gasteiger partial charge in [0.25, 0.3) is 0 Å². The van der Waals surface area contributed by atoms with Crippen LogP contribution in [0.2, 0.25) is 0 Å². The molecule has 1 atom stereocenters. The normalized spacial score (nSPS) is 22.0. The van der Waals surface area contributed by atoms with Gasteiger partial charge in [-0.1, -0.05) is 15.9 Å². The van der Waals surface area contributed by atoms with Gasteiger partial charge in [-0.15, -0.1) is 0 Å². The number of nitrogens with zero attached hydrogens (tertiary/aromatic N) is 2. The molecule has 1 aromatic heterocycles. The fraction of sp³-hybridized carbons (Fsp3) is 0.500. The third-order valence-electron chi connectivity index (χ3n) is 2.59. The van der Waals surface area contributed by atoms with Gasteiger partial charge in [-0.2, -0.15) is 4.31 Å². The van der Waals surface area contributed by atoms with Gasteiger partial charge >= 0.3 is 0 Å². The molecule has 1 aliphatic heterocycles. The topological polar surface area (TPSA) is 59.5 Å². The van der Waals surface area contributed by atoms with Crippen LogP contribution in [0.3, 0.4) is 0 Å². The first kappa shape index (κ1) is 13.9. The van der Waals surface area contributed by atoms with E-state index in [0.29, 0.717) is 11.9 Å². The number of sulfonamides is 1. The monoisotopic (exact) mass is 338 g/mol. The third-order valence-corrected chi connectivity index (χ3v) is 5.14. The van der Waals surface area contributed by atoms with E-state index >= 15 is 0 Å². The highest BCUT2D eigenvalue weighted by Gasteiger charge is 2.30. The lowest BCUT2D eigenvalue weighted by Crippen LogP contribution is -2.46. The summed E-state index contributed by atoms with van der Waals surface area (Å²) in [5, 5.41) is 0.556. The maximum absolute atomic E-state index is 13.0. The van der Waals surface area contributed by atoms with Crippen LogP contribution in [-0.2, 0) is 14.8 Å². The molecule has 0 aliphatic carbocycles. The van der Waals surface area contributed by atoms with Crippen LogP contribution in [0.5, 0.6) is 0 Å². The SMILES string of the molecule is O=S(=O)(c1cncc(F)c1)N1CCOC(CBr)C1. The van der Waals surface area contributed by atoms with Gasteiger partial charge in [-0.05, 0) is 6.07 Å². The maximum Gasteiger partial charge on any atom is 0.244 e. The quantitative estimate of drug-likeness (QED) is 0.771. The number of ether oxygens (including phenoxy) is 1. The van der Waals surface area contributed by atoms with E-state index in [2.05, 4.69) is 20.9 Å². The lowest BCUT2D eigenvalue weighted by molar-refractivity contribution is 0.0136. The van der Waals surface area contributed by atoms with Crippen LogP contribution in [0.1, 0.15) is 0 Å². The lowest BCUT2D eigenvalue weighted by Gasteiger charge is -2.31. The highest BCUT2D eigenvalue weighted by Crippen LogP contribution is 2.19. The van der Waals surface area contributed by atoms with Crippen molar-refractivity contribution in [1.82, 2.24) is 9.29 Å². The molecular formula is C10H12BrFN2O3S. The molecule has 2 heterocycles. The Labute approximate surface area is 113 Å². The molecule has 0 aromatic carbocycles. The van der Waals surface area contributed by atoms with Crippen LogP contribution in [0.4, 0.5) is 4.39 Å². The van der Waals surface area contributed by atoms with Gasteiger partial charge in [-0.3, -0.25) is 4.98 Å². The molecule has 1 aliphatic rings. The van der Waals surface area contributed by atoms with Gasteiger partial charge < -0.3 is 4.74 Å². The summed E-state index contributed by atoms with van der Waals surface area (Å²) in [4.78, 5) is 3.44. The van der Waals surface area contributed by atoms with Crippen molar-refractivity contribution in [2.45, 2.75) is 11.0 Å². The zero-order valence-electron chi connectivity index (χ0n) is 9.42. The molecule has 5 nitrogen and oxygen atoms in total. The van der Waals surface area contributed by atoms with E-state index in [1.807, 2.05) is 0 Å². The van der Waals surface area contributed by atoms with Crippen LogP contribution < -0.4 is 0 Å². The molecule has 0 N–H and O–H groups in total. The Morgan fingerprint density at radius 1 is 1.56 bits per heavy atom. The highest BCUT2D eigenvalue weighted by atomic mass is 79.9. The summed E-state index contributed by atoms with van der Waals surface area (Å²) in [5.41, 5.74) is 0. The summed E-state index contributed by atoms with van der Waals surface area (Å²) in [7, 11) is -3.70. The van der Waals surface area contributed by atoms with Gasteiger partial charge in [0.15, 0.2) is 0 Å². The van der Waals surface area contributed by atoms with E-state index in [-0.39, 0.29) is 24.1 Å². The Hall–Kier alpha value is -0.570. The van der Waals surface area contributed by atoms with Gasteiger partial charge in [0.05, 0.1) is 18.9 Å². The van der Waals surface area contributed by atoms with Gasteiger partial charge in [-0.25, -0.2) is 12.8 Å². The van der Waals surface area contributed by atoms with Crippen LogP contribution in [0.25, 0.3) is 0 Å². The van der Waals surface area contributed by atoms with E-state index in [1.165, 1.54) is 4.31 Å². The number of hydrogen-bond acceptors (Lipinski definition) is 4. The van der Waals surface area contributed by atoms with Crippen LogP contribution >= 0.6 is 15.9 Å². The van der Waals surface area contributed by atoms with Crippen molar-refractivity contribution in [2.24, 2.45) is 0 Å². The molecule has 0 bridgehead atoms. The van der Waals surface area contributed by atoms with Crippen molar-refractivity contribution in [3.63, 3.8) is 0 Å². The van der Waals surface area contributed by atoms with E-state index in [0.717, 1.165) is 18.5 Å². The minimum atomic E-state index is -3.70. The van der Waals surface area contributed by atoms with E-state index < -0.39 is 15.8 Å². The highest BCUT2D eigenvalue weighted by molar-refractivity contribution is 9.09. The Morgan fingerprint density at radius 3 is 3.00 bits per heavy atom. The smallest absolute Gasteiger partial charge is 0.244 e. The molecule has 1 unspecified atom stereocenters. The van der Waals surface area contributed by atoms with E-state index in [9.17, 15) is 12.8 Å². The Balaban J connectivity index is 2.25. The molecule has 0 radical (unpaired) electrons. The van der Waals surface area contributed by atoms with Gasteiger partial charge in [0.2, 0.25) is 10.0 Å². The minimum absolute atomic E-state index is 0.127. The van der Waals surface area contributed by atoms with Crippen LogP contribution in [0, 0.1) is 5.82 Å². The number of alkyl halides is 1. The fourth-order valence-corrected chi connectivity index (χ4v) is 3.51. The summed E-state index contributed by atoms with van der Waals surface area (Å²) >= 11 is 3.25. The molecular weight excluding hydrogens is 327 g/mol. The number of morpholine rings is 1. The second-order valence-electron chi connectivity index (χ2n) is 3.85. The molecule has 0 saturated carbocycles. The second kappa shape index (κ2) is 5.60. The van der Waals surface area contributed by atoms with Crippen molar-refractivity contribution >= 4 is 26.0 Å². The zero-order valence-corrected chi connectivity index (χ0v) is 11.8. The summed E-state index contributed by atoms with van der Waals surface area (Å²) in [6.45, 7) is 0.852. The average molecular weight is 339 g/mol. The van der Waals surface area contributed by atoms with Gasteiger partial charge in [0, 0.05) is 24.6 Å². The summed E-state index contributed by atoms with van der Waals surface area (Å²) in [6, 6.07) is 0.973. The molecule has 8 heteroatoms. The first-order chi connectivity index (χ1) is 8.54. The zero-order chi connectivity index (χ0) is 13.2. The number of aromatic nitrogens is 1. The number of rotatable bonds is 3. The Bertz CT molecular complexity index is 526. The third kappa shape index (κ3) is 2.87. The van der Waals surface area contributed by atoms with Crippen molar-refractivity contribution in [3.05, 3.63) is 24.3 Å². The predicted molar refractivity (Wildman–Crippen MR) is 66.5 cm³/mol. The number of halogens is 2. The standard InChI is InChI=1S/C10H12BrFN2O3S/c11-4-9-7-14(1-2-17-9)18(15,16)10-3-8(12)5-13-6-10/h3,5-6,9H,1-2,4,7H2.